The Morgan fingerprint density at radius 2 is 1.87 bits per heavy atom. The predicted molar refractivity (Wildman–Crippen MR) is 145 cm³/mol. The van der Waals surface area contributed by atoms with Crippen LogP contribution in [0.3, 0.4) is 0 Å². The van der Waals surface area contributed by atoms with Crippen LogP contribution in [0.1, 0.15) is 61.3 Å². The van der Waals surface area contributed by atoms with E-state index in [4.69, 9.17) is 18.9 Å². The zero-order valence-corrected chi connectivity index (χ0v) is 22.2. The van der Waals surface area contributed by atoms with Gasteiger partial charge >= 0.3 is 5.97 Å². The molecule has 0 spiro atoms. The number of halogens is 1. The van der Waals surface area contributed by atoms with Crippen molar-refractivity contribution >= 4 is 5.97 Å². The minimum Gasteiger partial charge on any atom is -0.486 e. The van der Waals surface area contributed by atoms with E-state index < -0.39 is 0 Å². The van der Waals surface area contributed by atoms with Gasteiger partial charge in [-0.3, -0.25) is 4.79 Å². The van der Waals surface area contributed by atoms with Crippen molar-refractivity contribution in [1.29, 1.82) is 0 Å². The third-order valence-electron chi connectivity index (χ3n) is 7.26. The Balaban J connectivity index is 1.30. The second-order valence-electron chi connectivity index (χ2n) is 9.75. The molecule has 39 heavy (non-hydrogen) atoms. The molecule has 2 heterocycles. The van der Waals surface area contributed by atoms with Crippen molar-refractivity contribution in [3.8, 4) is 34.6 Å². The molecule has 0 amide bonds. The summed E-state index contributed by atoms with van der Waals surface area (Å²) in [7, 11) is 1.38. The van der Waals surface area contributed by atoms with Gasteiger partial charge in [-0.25, -0.2) is 9.37 Å². The van der Waals surface area contributed by atoms with Crippen molar-refractivity contribution < 1.29 is 28.1 Å². The highest BCUT2D eigenvalue weighted by atomic mass is 19.1. The Morgan fingerprint density at radius 1 is 1.08 bits per heavy atom. The molecule has 0 radical (unpaired) electrons. The van der Waals surface area contributed by atoms with Gasteiger partial charge in [-0.2, -0.15) is 0 Å². The second kappa shape index (κ2) is 12.3. The Hall–Kier alpha value is -3.89. The molecule has 1 aliphatic heterocycles. The number of hydrogen-bond donors (Lipinski definition) is 0. The zero-order valence-electron chi connectivity index (χ0n) is 22.2. The summed E-state index contributed by atoms with van der Waals surface area (Å²) in [5, 5.41) is 0. The standard InChI is InChI=1S/C32H32FNO5/c1-3-4-22(19-31(35)36-2)21-5-8-24(9-6-21)38-29-13-11-27-26(29)10-12-28(33)32(27)23-7-14-30(34-20-23)39-25-15-17-37-18-16-25/h5-10,12,14,20,22,25,29H,11,13,15-19H2,1-2H3/t22?,29-/m1/s1. The molecule has 2 aliphatic rings. The molecular formula is C32H32FNO5. The third-order valence-corrected chi connectivity index (χ3v) is 7.26. The number of rotatable bonds is 8. The molecule has 3 aromatic rings. The van der Waals surface area contributed by atoms with Crippen LogP contribution in [0.25, 0.3) is 11.1 Å². The molecule has 7 heteroatoms. The highest BCUT2D eigenvalue weighted by Crippen LogP contribution is 2.41. The predicted octanol–water partition coefficient (Wildman–Crippen LogP) is 6.18. The number of carbonyl (C=O) groups is 1. The fourth-order valence-electron chi connectivity index (χ4n) is 5.25. The highest BCUT2D eigenvalue weighted by molar-refractivity contribution is 5.71. The largest absolute Gasteiger partial charge is 0.486 e. The number of aromatic nitrogens is 1. The van der Waals surface area contributed by atoms with Gasteiger partial charge in [-0.15, -0.1) is 5.92 Å². The molecule has 1 unspecified atom stereocenters. The molecule has 0 N–H and O–H groups in total. The van der Waals surface area contributed by atoms with Crippen LogP contribution in [0.15, 0.2) is 54.7 Å². The number of hydrogen-bond acceptors (Lipinski definition) is 6. The van der Waals surface area contributed by atoms with Gasteiger partial charge < -0.3 is 18.9 Å². The number of nitrogens with zero attached hydrogens (tertiary/aromatic N) is 1. The average Bonchev–Trinajstić information content (AvgIpc) is 3.36. The summed E-state index contributed by atoms with van der Waals surface area (Å²) in [6, 6.07) is 14.6. The van der Waals surface area contributed by atoms with Gasteiger partial charge in [-0.05, 0) is 60.7 Å². The van der Waals surface area contributed by atoms with Crippen LogP contribution in [-0.4, -0.2) is 37.4 Å². The molecular weight excluding hydrogens is 497 g/mol. The number of ether oxygens (including phenoxy) is 4. The Kier molecular flexibility index (Phi) is 8.43. The minimum atomic E-state index is -0.301. The summed E-state index contributed by atoms with van der Waals surface area (Å²) in [5.41, 5.74) is 4.16. The van der Waals surface area contributed by atoms with E-state index in [1.165, 1.54) is 13.2 Å². The molecule has 1 aliphatic carbocycles. The lowest BCUT2D eigenvalue weighted by Crippen LogP contribution is -2.26. The van der Waals surface area contributed by atoms with Crippen LogP contribution in [0.5, 0.6) is 11.6 Å². The molecule has 0 bridgehead atoms. The molecule has 202 valence electrons. The van der Waals surface area contributed by atoms with Crippen molar-refractivity contribution in [2.45, 2.75) is 57.2 Å². The van der Waals surface area contributed by atoms with E-state index in [1.807, 2.05) is 42.5 Å². The number of benzene rings is 2. The van der Waals surface area contributed by atoms with Gasteiger partial charge in [0, 0.05) is 36.2 Å². The van der Waals surface area contributed by atoms with Crippen LogP contribution < -0.4 is 9.47 Å². The number of carbonyl (C=O) groups excluding carboxylic acids is 1. The van der Waals surface area contributed by atoms with Gasteiger partial charge in [0.15, 0.2) is 0 Å². The lowest BCUT2D eigenvalue weighted by Gasteiger charge is -2.22. The highest BCUT2D eigenvalue weighted by Gasteiger charge is 2.29. The van der Waals surface area contributed by atoms with E-state index >= 15 is 4.39 Å². The second-order valence-corrected chi connectivity index (χ2v) is 9.75. The Bertz CT molecular complexity index is 1350. The van der Waals surface area contributed by atoms with Gasteiger partial charge in [0.2, 0.25) is 5.88 Å². The van der Waals surface area contributed by atoms with E-state index in [1.54, 1.807) is 13.1 Å². The monoisotopic (exact) mass is 529 g/mol. The van der Waals surface area contributed by atoms with E-state index in [9.17, 15) is 4.79 Å². The molecule has 5 rings (SSSR count). The van der Waals surface area contributed by atoms with Crippen molar-refractivity contribution in [3.05, 3.63) is 77.2 Å². The molecule has 2 aromatic carbocycles. The average molecular weight is 530 g/mol. The number of methoxy groups -OCH3 is 1. The first-order chi connectivity index (χ1) is 19.1. The van der Waals surface area contributed by atoms with E-state index in [2.05, 4.69) is 16.8 Å². The normalized spacial score (nSPS) is 17.5. The molecule has 1 saturated heterocycles. The Labute approximate surface area is 228 Å². The fourth-order valence-corrected chi connectivity index (χ4v) is 5.25. The van der Waals surface area contributed by atoms with Crippen molar-refractivity contribution in [1.82, 2.24) is 4.98 Å². The van der Waals surface area contributed by atoms with Gasteiger partial charge in [0.1, 0.15) is 23.8 Å². The van der Waals surface area contributed by atoms with Crippen LogP contribution >= 0.6 is 0 Å². The first kappa shape index (κ1) is 26.7. The SMILES string of the molecule is CC#CC(CC(=O)OC)c1ccc(O[C@@H]2CCc3c2ccc(F)c3-c2ccc(OC3CCOCC3)nc2)cc1. The van der Waals surface area contributed by atoms with Gasteiger partial charge in [0.05, 0.1) is 32.7 Å². The molecule has 6 nitrogen and oxygen atoms in total. The van der Waals surface area contributed by atoms with E-state index in [0.29, 0.717) is 36.8 Å². The maximum Gasteiger partial charge on any atom is 0.307 e. The van der Waals surface area contributed by atoms with Crippen LogP contribution in [0.4, 0.5) is 4.39 Å². The lowest BCUT2D eigenvalue weighted by molar-refractivity contribution is -0.140. The van der Waals surface area contributed by atoms with E-state index in [0.717, 1.165) is 41.5 Å². The summed E-state index contributed by atoms with van der Waals surface area (Å²) in [6.45, 7) is 3.14. The van der Waals surface area contributed by atoms with Crippen LogP contribution in [0.2, 0.25) is 0 Å². The third kappa shape index (κ3) is 6.23. The first-order valence-electron chi connectivity index (χ1n) is 13.3. The summed E-state index contributed by atoms with van der Waals surface area (Å²) >= 11 is 0. The summed E-state index contributed by atoms with van der Waals surface area (Å²) < 4.78 is 37.6. The summed E-state index contributed by atoms with van der Waals surface area (Å²) in [5.74, 6) is 6.41. The quantitative estimate of drug-likeness (QED) is 0.256. The van der Waals surface area contributed by atoms with Crippen molar-refractivity contribution in [2.75, 3.05) is 20.3 Å². The topological polar surface area (TPSA) is 66.9 Å². The maximum atomic E-state index is 15.1. The molecule has 1 aromatic heterocycles. The van der Waals surface area contributed by atoms with E-state index in [-0.39, 0.29) is 36.3 Å². The van der Waals surface area contributed by atoms with Crippen LogP contribution in [-0.2, 0) is 20.7 Å². The minimum absolute atomic E-state index is 0.0973. The fraction of sp³-hybridized carbons (Fsp3) is 0.375. The molecule has 2 atom stereocenters. The first-order valence-corrected chi connectivity index (χ1v) is 13.3. The number of pyridine rings is 1. The molecule has 1 fully saturated rings. The number of fused-ring (bicyclic) bond motifs is 1. The molecule has 0 saturated carbocycles. The smallest absolute Gasteiger partial charge is 0.307 e. The zero-order chi connectivity index (χ0) is 27.2. The van der Waals surface area contributed by atoms with Crippen LogP contribution in [0, 0.1) is 17.7 Å². The van der Waals surface area contributed by atoms with Gasteiger partial charge in [-0.1, -0.05) is 24.1 Å². The lowest BCUT2D eigenvalue weighted by atomic mass is 9.96. The summed E-state index contributed by atoms with van der Waals surface area (Å²) in [6.07, 6.45) is 4.93. The van der Waals surface area contributed by atoms with Crippen molar-refractivity contribution in [3.63, 3.8) is 0 Å². The Morgan fingerprint density at radius 3 is 2.56 bits per heavy atom. The van der Waals surface area contributed by atoms with Gasteiger partial charge in [0.25, 0.3) is 0 Å². The van der Waals surface area contributed by atoms with Crippen molar-refractivity contribution in [2.24, 2.45) is 0 Å². The summed E-state index contributed by atoms with van der Waals surface area (Å²) in [4.78, 5) is 16.2. The number of esters is 1. The maximum absolute atomic E-state index is 15.1.